The van der Waals surface area contributed by atoms with Crippen LogP contribution in [0.5, 0.6) is 5.88 Å². The summed E-state index contributed by atoms with van der Waals surface area (Å²) in [6.07, 6.45) is 1.27. The molecule has 5 nitrogen and oxygen atoms in total. The van der Waals surface area contributed by atoms with Gasteiger partial charge in [0.15, 0.2) is 0 Å². The van der Waals surface area contributed by atoms with E-state index in [1.807, 2.05) is 32.9 Å². The molecule has 1 aliphatic heterocycles. The highest BCUT2D eigenvalue weighted by atomic mass is 16.6. The molecule has 0 spiro atoms. The lowest BCUT2D eigenvalue weighted by molar-refractivity contribution is 0.0258. The Balaban J connectivity index is 2.06. The van der Waals surface area contributed by atoms with Crippen LogP contribution in [0.25, 0.3) is 0 Å². The molecule has 0 aliphatic carbocycles. The zero-order valence-electron chi connectivity index (χ0n) is 12.6. The average Bonchev–Trinajstić information content (AvgIpc) is 2.58. The number of hydrogen-bond acceptors (Lipinski definition) is 4. The predicted octanol–water partition coefficient (Wildman–Crippen LogP) is 2.43. The molecule has 2 rings (SSSR count). The molecule has 110 valence electrons. The lowest BCUT2D eigenvalue weighted by Crippen LogP contribution is -2.38. The first-order valence-electron chi connectivity index (χ1n) is 6.90. The van der Waals surface area contributed by atoms with Crippen LogP contribution in [0.1, 0.15) is 32.0 Å². The Morgan fingerprint density at radius 3 is 2.60 bits per heavy atom. The fraction of sp³-hybridized carbons (Fsp3) is 0.600. The number of carbonyl (C=O) groups is 1. The maximum Gasteiger partial charge on any atom is 0.410 e. The highest BCUT2D eigenvalue weighted by Crippen LogP contribution is 2.19. The molecule has 0 aromatic carbocycles. The van der Waals surface area contributed by atoms with E-state index in [9.17, 15) is 4.79 Å². The quantitative estimate of drug-likeness (QED) is 0.791. The summed E-state index contributed by atoms with van der Waals surface area (Å²) in [4.78, 5) is 18.3. The second-order valence-corrected chi connectivity index (χ2v) is 5.93. The standard InChI is InChI=1S/C15H22N2O3/c1-15(2,3)20-14(18)17-9-7-11-5-6-13(19-4)16-12(11)8-10-17/h5-6H,7-10H2,1-4H3. The third kappa shape index (κ3) is 3.62. The second kappa shape index (κ2) is 5.69. The Hall–Kier alpha value is -1.78. The summed E-state index contributed by atoms with van der Waals surface area (Å²) in [5.41, 5.74) is 1.73. The van der Waals surface area contributed by atoms with Crippen LogP contribution < -0.4 is 4.74 Å². The molecule has 1 aromatic rings. The highest BCUT2D eigenvalue weighted by Gasteiger charge is 2.24. The molecule has 1 aliphatic rings. The van der Waals surface area contributed by atoms with Crippen molar-refractivity contribution in [2.24, 2.45) is 0 Å². The Morgan fingerprint density at radius 1 is 1.25 bits per heavy atom. The third-order valence-corrected chi connectivity index (χ3v) is 3.17. The van der Waals surface area contributed by atoms with Gasteiger partial charge >= 0.3 is 6.09 Å². The molecule has 0 saturated carbocycles. The first-order chi connectivity index (χ1) is 9.39. The van der Waals surface area contributed by atoms with E-state index in [-0.39, 0.29) is 6.09 Å². The third-order valence-electron chi connectivity index (χ3n) is 3.17. The molecule has 0 bridgehead atoms. The van der Waals surface area contributed by atoms with Crippen molar-refractivity contribution < 1.29 is 14.3 Å². The van der Waals surface area contributed by atoms with Crippen LogP contribution in [0.3, 0.4) is 0 Å². The number of methoxy groups -OCH3 is 1. The van der Waals surface area contributed by atoms with Crippen LogP contribution in [0.4, 0.5) is 4.79 Å². The van der Waals surface area contributed by atoms with Crippen molar-refractivity contribution >= 4 is 6.09 Å². The van der Waals surface area contributed by atoms with Crippen molar-refractivity contribution in [1.82, 2.24) is 9.88 Å². The Morgan fingerprint density at radius 2 is 1.95 bits per heavy atom. The molecule has 0 radical (unpaired) electrons. The lowest BCUT2D eigenvalue weighted by Gasteiger charge is -2.26. The van der Waals surface area contributed by atoms with E-state index in [2.05, 4.69) is 4.98 Å². The van der Waals surface area contributed by atoms with Crippen LogP contribution >= 0.6 is 0 Å². The largest absolute Gasteiger partial charge is 0.481 e. The predicted molar refractivity (Wildman–Crippen MR) is 76.0 cm³/mol. The summed E-state index contributed by atoms with van der Waals surface area (Å²) in [6.45, 7) is 6.93. The van der Waals surface area contributed by atoms with Gasteiger partial charge in [-0.3, -0.25) is 0 Å². The molecule has 20 heavy (non-hydrogen) atoms. The zero-order valence-corrected chi connectivity index (χ0v) is 12.6. The number of aromatic nitrogens is 1. The van der Waals surface area contributed by atoms with Crippen LogP contribution in [0.15, 0.2) is 12.1 Å². The molecule has 0 fully saturated rings. The minimum atomic E-state index is -0.461. The summed E-state index contributed by atoms with van der Waals surface area (Å²) in [5, 5.41) is 0. The minimum absolute atomic E-state index is 0.253. The number of ether oxygens (including phenoxy) is 2. The Bertz CT molecular complexity index is 494. The number of nitrogens with zero attached hydrogens (tertiary/aromatic N) is 2. The van der Waals surface area contributed by atoms with Crippen LogP contribution in [0.2, 0.25) is 0 Å². The monoisotopic (exact) mass is 278 g/mol. The van der Waals surface area contributed by atoms with Crippen LogP contribution in [0, 0.1) is 0 Å². The summed E-state index contributed by atoms with van der Waals surface area (Å²) in [7, 11) is 1.61. The van der Waals surface area contributed by atoms with E-state index in [1.54, 1.807) is 12.0 Å². The molecule has 0 N–H and O–H groups in total. The molecule has 0 atom stereocenters. The van der Waals surface area contributed by atoms with Crippen molar-refractivity contribution in [3.63, 3.8) is 0 Å². The molecule has 1 aromatic heterocycles. The maximum atomic E-state index is 12.1. The zero-order chi connectivity index (χ0) is 14.8. The van der Waals surface area contributed by atoms with E-state index in [0.29, 0.717) is 19.0 Å². The molecule has 0 saturated heterocycles. The number of hydrogen-bond donors (Lipinski definition) is 0. The lowest BCUT2D eigenvalue weighted by atomic mass is 10.1. The van der Waals surface area contributed by atoms with Gasteiger partial charge in [0, 0.05) is 31.3 Å². The van der Waals surface area contributed by atoms with Crippen molar-refractivity contribution in [2.45, 2.75) is 39.2 Å². The first-order valence-corrected chi connectivity index (χ1v) is 6.90. The smallest absolute Gasteiger partial charge is 0.410 e. The highest BCUT2D eigenvalue weighted by molar-refractivity contribution is 5.68. The minimum Gasteiger partial charge on any atom is -0.481 e. The molecule has 1 amide bonds. The van der Waals surface area contributed by atoms with Gasteiger partial charge in [0.25, 0.3) is 0 Å². The number of pyridine rings is 1. The second-order valence-electron chi connectivity index (χ2n) is 5.93. The summed E-state index contributed by atoms with van der Waals surface area (Å²) >= 11 is 0. The number of carbonyl (C=O) groups excluding carboxylic acids is 1. The van der Waals surface area contributed by atoms with Crippen LogP contribution in [-0.2, 0) is 17.6 Å². The van der Waals surface area contributed by atoms with Gasteiger partial charge in [-0.05, 0) is 32.8 Å². The van der Waals surface area contributed by atoms with Gasteiger partial charge in [0.2, 0.25) is 5.88 Å². The summed E-state index contributed by atoms with van der Waals surface area (Å²) in [6, 6.07) is 3.89. The molecule has 2 heterocycles. The van der Waals surface area contributed by atoms with Gasteiger partial charge in [-0.1, -0.05) is 6.07 Å². The molecule has 0 unspecified atom stereocenters. The van der Waals surface area contributed by atoms with Gasteiger partial charge in [0.1, 0.15) is 5.60 Å². The van der Waals surface area contributed by atoms with E-state index in [4.69, 9.17) is 9.47 Å². The van der Waals surface area contributed by atoms with Gasteiger partial charge in [-0.2, -0.15) is 0 Å². The van der Waals surface area contributed by atoms with Gasteiger partial charge in [-0.25, -0.2) is 9.78 Å². The van der Waals surface area contributed by atoms with E-state index < -0.39 is 5.60 Å². The SMILES string of the molecule is COc1ccc2c(n1)CCN(C(=O)OC(C)(C)C)CC2. The van der Waals surface area contributed by atoms with Crippen molar-refractivity contribution in [3.8, 4) is 5.88 Å². The van der Waals surface area contributed by atoms with Gasteiger partial charge in [0.05, 0.1) is 7.11 Å². The van der Waals surface area contributed by atoms with E-state index in [0.717, 1.165) is 18.5 Å². The fourth-order valence-electron chi connectivity index (χ4n) is 2.19. The van der Waals surface area contributed by atoms with Crippen molar-refractivity contribution in [1.29, 1.82) is 0 Å². The van der Waals surface area contributed by atoms with Gasteiger partial charge < -0.3 is 14.4 Å². The van der Waals surface area contributed by atoms with Crippen molar-refractivity contribution in [3.05, 3.63) is 23.4 Å². The Kier molecular flexibility index (Phi) is 4.16. The Labute approximate surface area is 119 Å². The first kappa shape index (κ1) is 14.6. The van der Waals surface area contributed by atoms with E-state index >= 15 is 0 Å². The molecule has 5 heteroatoms. The number of fused-ring (bicyclic) bond motifs is 1. The maximum absolute atomic E-state index is 12.1. The van der Waals surface area contributed by atoms with Crippen LogP contribution in [-0.4, -0.2) is 41.8 Å². The number of rotatable bonds is 1. The van der Waals surface area contributed by atoms with Crippen molar-refractivity contribution in [2.75, 3.05) is 20.2 Å². The summed E-state index contributed by atoms with van der Waals surface area (Å²) < 4.78 is 10.6. The van der Waals surface area contributed by atoms with Gasteiger partial charge in [-0.15, -0.1) is 0 Å². The topological polar surface area (TPSA) is 51.7 Å². The normalized spacial score (nSPS) is 15.3. The fourth-order valence-corrected chi connectivity index (χ4v) is 2.19. The summed E-state index contributed by atoms with van der Waals surface area (Å²) in [5.74, 6) is 0.620. The molecular formula is C15H22N2O3. The average molecular weight is 278 g/mol. The van der Waals surface area contributed by atoms with E-state index in [1.165, 1.54) is 5.56 Å². The number of amides is 1. The molecular weight excluding hydrogens is 256 g/mol.